The normalized spacial score (nSPS) is 14.4. The van der Waals surface area contributed by atoms with Crippen LogP contribution in [0.3, 0.4) is 0 Å². The maximum Gasteiger partial charge on any atom is 0.268 e. The molecule has 0 rings (SSSR count). The van der Waals surface area contributed by atoms with Crippen molar-refractivity contribution in [2.75, 3.05) is 40.9 Å². The molecule has 0 heterocycles. The number of nitrogens with zero attached hydrogens (tertiary/aromatic N) is 1. The SMILES string of the molecule is CCCCCCC/C=C\C/C=C\C/C=C\CCCCCCCCC(=O)NC(COP(=O)([O-])OCC[N+](C)(C)C)C(O)/C=C/CCCCCCCCCCCCCCCCCCCCC. The van der Waals surface area contributed by atoms with Crippen LogP contribution >= 0.6 is 7.82 Å². The Morgan fingerprint density at radius 1 is 0.547 bits per heavy atom. The molecule has 1 amide bonds. The van der Waals surface area contributed by atoms with Crippen LogP contribution in [0.2, 0.25) is 0 Å². The van der Waals surface area contributed by atoms with Gasteiger partial charge in [-0.25, -0.2) is 0 Å². The number of nitrogens with one attached hydrogen (secondary N) is 1. The number of hydrogen-bond donors (Lipinski definition) is 2. The molecule has 8 nitrogen and oxygen atoms in total. The number of rotatable bonds is 49. The average Bonchev–Trinajstić information content (AvgIpc) is 3.25. The fourth-order valence-corrected chi connectivity index (χ4v) is 8.47. The highest BCUT2D eigenvalue weighted by Crippen LogP contribution is 2.38. The van der Waals surface area contributed by atoms with E-state index >= 15 is 0 Å². The van der Waals surface area contributed by atoms with Crippen molar-refractivity contribution in [2.45, 2.75) is 257 Å². The zero-order valence-corrected chi connectivity index (χ0v) is 43.6. The molecule has 0 aliphatic carbocycles. The summed E-state index contributed by atoms with van der Waals surface area (Å²) in [5.74, 6) is -0.209. The van der Waals surface area contributed by atoms with Crippen molar-refractivity contribution >= 4 is 13.7 Å². The van der Waals surface area contributed by atoms with Crippen molar-refractivity contribution in [3.05, 3.63) is 48.6 Å². The standard InChI is InChI=1S/C55H105N2O6P/c1-6-8-10-12-14-16-18-20-22-24-26-28-30-32-34-36-38-40-42-44-46-48-54(58)53(52-63-64(60,61)62-51-50-57(3,4)5)56-55(59)49-47-45-43-41-39-37-35-33-31-29-27-25-23-21-19-17-15-13-11-9-7-2/h19,21,25,27,31,33,46,48,53-54,58H,6-18,20,22-24,26,28-30,32,34-45,47,49-52H2,1-5H3,(H-,56,59,60,61)/b21-19-,27-25-,33-31-,48-46+. The molecule has 0 aromatic rings. The smallest absolute Gasteiger partial charge is 0.268 e. The molecular formula is C55H105N2O6P. The topological polar surface area (TPSA) is 108 Å². The van der Waals surface area contributed by atoms with Gasteiger partial charge in [-0.3, -0.25) is 9.36 Å². The Morgan fingerprint density at radius 3 is 1.31 bits per heavy atom. The van der Waals surface area contributed by atoms with Gasteiger partial charge >= 0.3 is 0 Å². The summed E-state index contributed by atoms with van der Waals surface area (Å²) in [5.41, 5.74) is 0. The Hall–Kier alpha value is -1.54. The first-order valence-corrected chi connectivity index (χ1v) is 28.5. The van der Waals surface area contributed by atoms with Gasteiger partial charge in [0.1, 0.15) is 13.2 Å². The van der Waals surface area contributed by atoms with Crippen LogP contribution in [0.15, 0.2) is 48.6 Å². The number of quaternary nitrogens is 1. The summed E-state index contributed by atoms with van der Waals surface area (Å²) in [6, 6.07) is -0.895. The highest BCUT2D eigenvalue weighted by Gasteiger charge is 2.23. The quantitative estimate of drug-likeness (QED) is 0.0272. The van der Waals surface area contributed by atoms with Crippen LogP contribution in [-0.2, 0) is 18.4 Å². The number of aliphatic hydroxyl groups excluding tert-OH is 1. The number of likely N-dealkylation sites (N-methyl/N-ethyl adjacent to an activating group) is 1. The van der Waals surface area contributed by atoms with E-state index in [1.54, 1.807) is 6.08 Å². The molecule has 3 atom stereocenters. The van der Waals surface area contributed by atoms with Crippen molar-refractivity contribution in [1.82, 2.24) is 5.32 Å². The third-order valence-electron chi connectivity index (χ3n) is 12.0. The Labute approximate surface area is 397 Å². The average molecular weight is 921 g/mol. The summed E-state index contributed by atoms with van der Waals surface area (Å²) in [7, 11) is 1.25. The molecule has 2 N–H and O–H groups in total. The van der Waals surface area contributed by atoms with Gasteiger partial charge in [0.25, 0.3) is 7.82 Å². The Balaban J connectivity index is 4.32. The number of hydrogen-bond acceptors (Lipinski definition) is 6. The first kappa shape index (κ1) is 62.5. The third-order valence-corrected chi connectivity index (χ3v) is 13.0. The van der Waals surface area contributed by atoms with E-state index in [0.29, 0.717) is 17.4 Å². The van der Waals surface area contributed by atoms with Crippen molar-refractivity contribution in [3.8, 4) is 0 Å². The van der Waals surface area contributed by atoms with Crippen molar-refractivity contribution in [3.63, 3.8) is 0 Å². The molecule has 0 radical (unpaired) electrons. The van der Waals surface area contributed by atoms with Crippen LogP contribution < -0.4 is 10.2 Å². The van der Waals surface area contributed by atoms with Gasteiger partial charge < -0.3 is 28.8 Å². The van der Waals surface area contributed by atoms with Gasteiger partial charge in [0.05, 0.1) is 39.9 Å². The second-order valence-electron chi connectivity index (χ2n) is 19.6. The maximum absolute atomic E-state index is 12.9. The second-order valence-corrected chi connectivity index (χ2v) is 21.0. The van der Waals surface area contributed by atoms with Gasteiger partial charge in [-0.15, -0.1) is 0 Å². The van der Waals surface area contributed by atoms with Crippen LogP contribution in [-0.4, -0.2) is 68.5 Å². The number of carbonyl (C=O) groups is 1. The van der Waals surface area contributed by atoms with E-state index in [4.69, 9.17) is 9.05 Å². The largest absolute Gasteiger partial charge is 0.756 e. The minimum Gasteiger partial charge on any atom is -0.756 e. The van der Waals surface area contributed by atoms with Crippen LogP contribution in [0.4, 0.5) is 0 Å². The van der Waals surface area contributed by atoms with Gasteiger partial charge in [-0.2, -0.15) is 0 Å². The van der Waals surface area contributed by atoms with Crippen LogP contribution in [0, 0.1) is 0 Å². The predicted octanol–water partition coefficient (Wildman–Crippen LogP) is 15.3. The third kappa shape index (κ3) is 48.4. The number of phosphoric ester groups is 1. The number of phosphoric acid groups is 1. The second kappa shape index (κ2) is 46.6. The summed E-state index contributed by atoms with van der Waals surface area (Å²) >= 11 is 0. The van der Waals surface area contributed by atoms with Gasteiger partial charge in [0, 0.05) is 6.42 Å². The molecule has 0 aliphatic rings. The molecule has 0 fully saturated rings. The Bertz CT molecular complexity index is 1180. The lowest BCUT2D eigenvalue weighted by molar-refractivity contribution is -0.870. The first-order chi connectivity index (χ1) is 31.0. The molecule has 0 aliphatic heterocycles. The minimum atomic E-state index is -4.60. The fraction of sp³-hybridized carbons (Fsp3) is 0.836. The number of unbranched alkanes of at least 4 members (excludes halogenated alkanes) is 30. The highest BCUT2D eigenvalue weighted by atomic mass is 31.2. The highest BCUT2D eigenvalue weighted by molar-refractivity contribution is 7.45. The summed E-state index contributed by atoms with van der Waals surface area (Å²) in [6.07, 6.45) is 60.2. The van der Waals surface area contributed by atoms with Crippen molar-refractivity contribution in [1.29, 1.82) is 0 Å². The van der Waals surface area contributed by atoms with Crippen LogP contribution in [0.5, 0.6) is 0 Å². The molecule has 0 spiro atoms. The lowest BCUT2D eigenvalue weighted by Crippen LogP contribution is -2.45. The summed E-state index contributed by atoms with van der Waals surface area (Å²) < 4.78 is 23.3. The number of aliphatic hydroxyl groups is 1. The molecule has 0 saturated heterocycles. The molecule has 376 valence electrons. The van der Waals surface area contributed by atoms with E-state index < -0.39 is 20.0 Å². The molecule has 0 bridgehead atoms. The number of carbonyl (C=O) groups excluding carboxylic acids is 1. The monoisotopic (exact) mass is 921 g/mol. The molecule has 0 aromatic carbocycles. The summed E-state index contributed by atoms with van der Waals surface area (Å²) in [6.45, 7) is 4.64. The van der Waals surface area contributed by atoms with Crippen molar-refractivity contribution in [2.24, 2.45) is 0 Å². The fourth-order valence-electron chi connectivity index (χ4n) is 7.75. The summed E-state index contributed by atoms with van der Waals surface area (Å²) in [4.78, 5) is 25.4. The van der Waals surface area contributed by atoms with E-state index in [2.05, 4.69) is 55.6 Å². The summed E-state index contributed by atoms with van der Waals surface area (Å²) in [5, 5.41) is 13.9. The Morgan fingerprint density at radius 2 is 0.906 bits per heavy atom. The zero-order chi connectivity index (χ0) is 47.1. The van der Waals surface area contributed by atoms with Gasteiger partial charge in [0.15, 0.2) is 0 Å². The maximum atomic E-state index is 12.9. The predicted molar refractivity (Wildman–Crippen MR) is 274 cm³/mol. The first-order valence-electron chi connectivity index (χ1n) is 27.0. The van der Waals surface area contributed by atoms with E-state index in [0.717, 1.165) is 64.2 Å². The molecule has 0 aromatic heterocycles. The molecule has 9 heteroatoms. The van der Waals surface area contributed by atoms with Gasteiger partial charge in [0.2, 0.25) is 5.91 Å². The van der Waals surface area contributed by atoms with Crippen LogP contribution in [0.25, 0.3) is 0 Å². The zero-order valence-electron chi connectivity index (χ0n) is 42.7. The molecular weight excluding hydrogens is 816 g/mol. The van der Waals surface area contributed by atoms with E-state index in [1.165, 1.54) is 161 Å². The van der Waals surface area contributed by atoms with E-state index in [9.17, 15) is 19.4 Å². The van der Waals surface area contributed by atoms with Crippen LogP contribution in [0.1, 0.15) is 245 Å². The molecule has 64 heavy (non-hydrogen) atoms. The minimum absolute atomic E-state index is 0.00482. The van der Waals surface area contributed by atoms with Gasteiger partial charge in [-0.05, 0) is 57.8 Å². The van der Waals surface area contributed by atoms with E-state index in [-0.39, 0.29) is 19.1 Å². The van der Waals surface area contributed by atoms with Crippen molar-refractivity contribution < 1.29 is 32.9 Å². The van der Waals surface area contributed by atoms with E-state index in [1.807, 2.05) is 27.2 Å². The van der Waals surface area contributed by atoms with Gasteiger partial charge in [-0.1, -0.05) is 229 Å². The lowest BCUT2D eigenvalue weighted by Gasteiger charge is -2.29. The number of amides is 1. The molecule has 0 saturated carbocycles. The number of allylic oxidation sites excluding steroid dienone is 7. The lowest BCUT2D eigenvalue weighted by atomic mass is 10.0. The molecule has 3 unspecified atom stereocenters. The Kier molecular flexibility index (Phi) is 45.4.